The van der Waals surface area contributed by atoms with Crippen LogP contribution in [-0.4, -0.2) is 39.7 Å². The predicted molar refractivity (Wildman–Crippen MR) is 69.2 cm³/mol. The molecule has 2 aromatic rings. The number of rotatable bonds is 6. The number of nitrogens with zero attached hydrogens (tertiary/aromatic N) is 4. The maximum absolute atomic E-state index is 6.08. The van der Waals surface area contributed by atoms with Crippen LogP contribution in [0.5, 0.6) is 0 Å². The average Bonchev–Trinajstić information content (AvgIpc) is 3.03. The molecule has 19 heavy (non-hydrogen) atoms. The number of oxazole rings is 1. The largest absolute Gasteiger partial charge is 0.438 e. The molecule has 0 fully saturated rings. The number of likely N-dealkylation sites (N-methyl/N-ethyl adjacent to an activating group) is 1. The lowest BCUT2D eigenvalue weighted by molar-refractivity contribution is 0.278. The van der Waals surface area contributed by atoms with Crippen LogP contribution in [0, 0.1) is 6.92 Å². The molecule has 104 valence electrons. The van der Waals surface area contributed by atoms with E-state index in [9.17, 15) is 0 Å². The number of hydrogen-bond acceptors (Lipinski definition) is 7. The van der Waals surface area contributed by atoms with Gasteiger partial charge in [0.1, 0.15) is 0 Å². The molecule has 2 heterocycles. The Morgan fingerprint density at radius 2 is 2.11 bits per heavy atom. The second-order valence-corrected chi connectivity index (χ2v) is 4.32. The van der Waals surface area contributed by atoms with Gasteiger partial charge in [0, 0.05) is 6.54 Å². The van der Waals surface area contributed by atoms with Gasteiger partial charge in [-0.1, -0.05) is 19.0 Å². The van der Waals surface area contributed by atoms with Crippen LogP contribution in [-0.2, 0) is 0 Å². The molecule has 7 nitrogen and oxygen atoms in total. The molecule has 0 saturated carbocycles. The van der Waals surface area contributed by atoms with Crippen molar-refractivity contribution in [3.8, 4) is 11.7 Å². The molecular weight excluding hydrogens is 246 g/mol. The fraction of sp³-hybridized carbons (Fsp3) is 0.583. The average molecular weight is 265 g/mol. The van der Waals surface area contributed by atoms with Crippen LogP contribution in [0.2, 0.25) is 0 Å². The Kier molecular flexibility index (Phi) is 4.28. The zero-order valence-corrected chi connectivity index (χ0v) is 11.5. The molecule has 0 aliphatic carbocycles. The van der Waals surface area contributed by atoms with E-state index in [-0.39, 0.29) is 6.04 Å². The smallest absolute Gasteiger partial charge is 0.295 e. The molecule has 0 radical (unpaired) electrons. The van der Waals surface area contributed by atoms with Crippen molar-refractivity contribution in [3.63, 3.8) is 0 Å². The van der Waals surface area contributed by atoms with Gasteiger partial charge < -0.3 is 19.6 Å². The van der Waals surface area contributed by atoms with E-state index in [0.29, 0.717) is 29.7 Å². The molecule has 1 atom stereocenters. The number of aromatic nitrogens is 3. The fourth-order valence-electron chi connectivity index (χ4n) is 1.83. The van der Waals surface area contributed by atoms with Crippen molar-refractivity contribution in [1.82, 2.24) is 20.0 Å². The third-order valence-corrected chi connectivity index (χ3v) is 3.06. The van der Waals surface area contributed by atoms with Gasteiger partial charge >= 0.3 is 0 Å². The van der Waals surface area contributed by atoms with E-state index < -0.39 is 0 Å². The molecular formula is C12H19N5O2. The van der Waals surface area contributed by atoms with Crippen molar-refractivity contribution in [2.45, 2.75) is 26.8 Å². The summed E-state index contributed by atoms with van der Waals surface area (Å²) in [4.78, 5) is 10.5. The van der Waals surface area contributed by atoms with Crippen molar-refractivity contribution < 1.29 is 8.94 Å². The highest BCUT2D eigenvalue weighted by Crippen LogP contribution is 2.21. The molecule has 1 unspecified atom stereocenters. The first-order valence-corrected chi connectivity index (χ1v) is 6.37. The number of aryl methyl sites for hydroxylation is 1. The van der Waals surface area contributed by atoms with Crippen LogP contribution in [0.1, 0.15) is 31.4 Å². The lowest BCUT2D eigenvalue weighted by Gasteiger charge is -2.20. The minimum atomic E-state index is -0.277. The van der Waals surface area contributed by atoms with Gasteiger partial charge in [0.2, 0.25) is 5.76 Å². The monoisotopic (exact) mass is 265 g/mol. The molecule has 0 saturated heterocycles. The Bertz CT molecular complexity index is 518. The molecule has 0 aliphatic rings. The Hall–Kier alpha value is -1.73. The first-order chi connectivity index (χ1) is 9.15. The lowest BCUT2D eigenvalue weighted by atomic mass is 10.2. The van der Waals surface area contributed by atoms with E-state index in [0.717, 1.165) is 13.1 Å². The predicted octanol–water partition coefficient (Wildman–Crippen LogP) is 1.37. The van der Waals surface area contributed by atoms with Crippen molar-refractivity contribution in [2.24, 2.45) is 5.73 Å². The summed E-state index contributed by atoms with van der Waals surface area (Å²) in [6, 6.07) is -0.277. The zero-order valence-electron chi connectivity index (χ0n) is 11.5. The SMILES string of the molecule is CCN(CC)CC(N)c1noc(-c2ocnc2C)n1. The Labute approximate surface area is 111 Å². The quantitative estimate of drug-likeness (QED) is 0.842. The van der Waals surface area contributed by atoms with Crippen molar-refractivity contribution in [3.05, 3.63) is 17.9 Å². The van der Waals surface area contributed by atoms with E-state index in [1.165, 1.54) is 6.39 Å². The van der Waals surface area contributed by atoms with Gasteiger partial charge in [0.05, 0.1) is 11.7 Å². The molecule has 0 amide bonds. The molecule has 0 spiro atoms. The maximum atomic E-state index is 6.08. The summed E-state index contributed by atoms with van der Waals surface area (Å²) < 4.78 is 10.4. The highest BCUT2D eigenvalue weighted by molar-refractivity contribution is 5.46. The first-order valence-electron chi connectivity index (χ1n) is 6.37. The van der Waals surface area contributed by atoms with Gasteiger partial charge in [-0.2, -0.15) is 4.98 Å². The minimum Gasteiger partial charge on any atom is -0.438 e. The van der Waals surface area contributed by atoms with Crippen LogP contribution < -0.4 is 5.73 Å². The third-order valence-electron chi connectivity index (χ3n) is 3.06. The third kappa shape index (κ3) is 2.99. The molecule has 0 bridgehead atoms. The van der Waals surface area contributed by atoms with Crippen LogP contribution >= 0.6 is 0 Å². The standard InChI is InChI=1S/C12H19N5O2/c1-4-17(5-2)6-9(13)11-15-12(19-16-11)10-8(3)14-7-18-10/h7,9H,4-6,13H2,1-3H3. The summed E-state index contributed by atoms with van der Waals surface area (Å²) in [7, 11) is 0. The van der Waals surface area contributed by atoms with Gasteiger partial charge in [-0.3, -0.25) is 0 Å². The van der Waals surface area contributed by atoms with Crippen molar-refractivity contribution in [2.75, 3.05) is 19.6 Å². The second-order valence-electron chi connectivity index (χ2n) is 4.32. The summed E-state index contributed by atoms with van der Waals surface area (Å²) in [5, 5.41) is 3.91. The second kappa shape index (κ2) is 5.94. The van der Waals surface area contributed by atoms with Crippen LogP contribution in [0.15, 0.2) is 15.3 Å². The molecule has 0 aromatic carbocycles. The Morgan fingerprint density at radius 1 is 1.37 bits per heavy atom. The van der Waals surface area contributed by atoms with E-state index in [1.54, 1.807) is 0 Å². The van der Waals surface area contributed by atoms with E-state index in [2.05, 4.69) is 33.9 Å². The van der Waals surface area contributed by atoms with Gasteiger partial charge in [-0.05, 0) is 20.0 Å². The van der Waals surface area contributed by atoms with Crippen LogP contribution in [0.4, 0.5) is 0 Å². The summed E-state index contributed by atoms with van der Waals surface area (Å²) in [6.07, 6.45) is 1.35. The molecule has 0 aliphatic heterocycles. The van der Waals surface area contributed by atoms with Gasteiger partial charge in [-0.15, -0.1) is 0 Å². The maximum Gasteiger partial charge on any atom is 0.295 e. The van der Waals surface area contributed by atoms with Crippen molar-refractivity contribution >= 4 is 0 Å². The summed E-state index contributed by atoms with van der Waals surface area (Å²) >= 11 is 0. The van der Waals surface area contributed by atoms with Gasteiger partial charge in [0.15, 0.2) is 12.2 Å². The topological polar surface area (TPSA) is 94.2 Å². The highest BCUT2D eigenvalue weighted by Gasteiger charge is 2.20. The molecule has 2 N–H and O–H groups in total. The lowest BCUT2D eigenvalue weighted by Crippen LogP contribution is -2.32. The summed E-state index contributed by atoms with van der Waals surface area (Å²) in [6.45, 7) is 8.58. The van der Waals surface area contributed by atoms with Gasteiger partial charge in [0.25, 0.3) is 5.89 Å². The van der Waals surface area contributed by atoms with Crippen molar-refractivity contribution in [1.29, 1.82) is 0 Å². The highest BCUT2D eigenvalue weighted by atomic mass is 16.5. The van der Waals surface area contributed by atoms with Gasteiger partial charge in [-0.25, -0.2) is 4.98 Å². The van der Waals surface area contributed by atoms with E-state index in [1.807, 2.05) is 6.92 Å². The normalized spacial score (nSPS) is 13.1. The molecule has 2 rings (SSSR count). The van der Waals surface area contributed by atoms with Crippen LogP contribution in [0.3, 0.4) is 0 Å². The number of hydrogen-bond donors (Lipinski definition) is 1. The Balaban J connectivity index is 2.11. The van der Waals surface area contributed by atoms with E-state index in [4.69, 9.17) is 14.7 Å². The summed E-state index contributed by atoms with van der Waals surface area (Å²) in [5.74, 6) is 1.30. The minimum absolute atomic E-state index is 0.277. The van der Waals surface area contributed by atoms with E-state index >= 15 is 0 Å². The molecule has 2 aromatic heterocycles. The zero-order chi connectivity index (χ0) is 13.8. The van der Waals surface area contributed by atoms with Crippen LogP contribution in [0.25, 0.3) is 11.7 Å². The summed E-state index contributed by atoms with van der Waals surface area (Å²) in [5.41, 5.74) is 6.79. The molecule has 7 heteroatoms. The fourth-order valence-corrected chi connectivity index (χ4v) is 1.83. The number of nitrogens with two attached hydrogens (primary N) is 1. The Morgan fingerprint density at radius 3 is 2.68 bits per heavy atom. The first kappa shape index (κ1) is 13.7.